The number of carbonyl (C=O) groups excluding carboxylic acids is 4. The Labute approximate surface area is 204 Å². The number of sulfonamides is 1. The average molecular weight is 566 g/mol. The molecule has 1 aromatic rings. The molecule has 14 heteroatoms. The van der Waals surface area contributed by atoms with Crippen molar-refractivity contribution in [2.45, 2.75) is 63.2 Å². The Morgan fingerprint density at radius 2 is 1.41 bits per heavy atom. The van der Waals surface area contributed by atoms with Crippen LogP contribution in [0.25, 0.3) is 0 Å². The third kappa shape index (κ3) is 7.75. The number of halogens is 1. The Kier molecular flexibility index (Phi) is 9.55. The van der Waals surface area contributed by atoms with Gasteiger partial charge in [-0.05, 0) is 24.3 Å². The second-order valence-corrected chi connectivity index (χ2v) is 9.83. The summed E-state index contributed by atoms with van der Waals surface area (Å²) < 4.78 is 55.4. The van der Waals surface area contributed by atoms with Crippen molar-refractivity contribution in [2.75, 3.05) is 6.61 Å². The predicted octanol–water partition coefficient (Wildman–Crippen LogP) is 0.810. The van der Waals surface area contributed by atoms with Crippen molar-refractivity contribution in [1.82, 2.24) is 4.72 Å². The summed E-state index contributed by atoms with van der Waals surface area (Å²) in [5, 5.41) is 0. The molecule has 0 spiro atoms. The number of carbonyl (C=O) groups is 4. The predicted molar refractivity (Wildman–Crippen MR) is 116 cm³/mol. The molecule has 0 aromatic heterocycles. The van der Waals surface area contributed by atoms with Gasteiger partial charge in [0.2, 0.25) is 16.3 Å². The number of benzene rings is 1. The molecular formula is C20H24BrNO11S. The lowest BCUT2D eigenvalue weighted by atomic mass is 9.97. The fourth-order valence-electron chi connectivity index (χ4n) is 3.15. The van der Waals surface area contributed by atoms with Gasteiger partial charge in [-0.25, -0.2) is 8.42 Å². The van der Waals surface area contributed by atoms with E-state index in [4.69, 9.17) is 23.7 Å². The summed E-state index contributed by atoms with van der Waals surface area (Å²) in [4.78, 5) is 46.6. The zero-order chi connectivity index (χ0) is 25.6. The van der Waals surface area contributed by atoms with Gasteiger partial charge in [0.25, 0.3) is 0 Å². The van der Waals surface area contributed by atoms with Crippen molar-refractivity contribution in [3.8, 4) is 0 Å². The Bertz CT molecular complexity index is 1030. The van der Waals surface area contributed by atoms with Crippen molar-refractivity contribution in [3.63, 3.8) is 0 Å². The van der Waals surface area contributed by atoms with Crippen LogP contribution in [-0.4, -0.2) is 69.5 Å². The first-order valence-corrected chi connectivity index (χ1v) is 12.2. The molecule has 1 aliphatic heterocycles. The van der Waals surface area contributed by atoms with E-state index in [0.717, 1.165) is 27.7 Å². The summed E-state index contributed by atoms with van der Waals surface area (Å²) in [5.41, 5.74) is 0. The zero-order valence-corrected chi connectivity index (χ0v) is 21.1. The van der Waals surface area contributed by atoms with Gasteiger partial charge >= 0.3 is 23.9 Å². The largest absolute Gasteiger partial charge is 0.463 e. The molecule has 1 saturated heterocycles. The normalized spacial score (nSPS) is 24.6. The van der Waals surface area contributed by atoms with Gasteiger partial charge in [0.1, 0.15) is 18.8 Å². The minimum absolute atomic E-state index is 0.148. The first-order valence-electron chi connectivity index (χ1n) is 9.88. The van der Waals surface area contributed by atoms with Gasteiger partial charge < -0.3 is 23.7 Å². The van der Waals surface area contributed by atoms with Crippen LogP contribution in [0.4, 0.5) is 0 Å². The molecule has 0 saturated carbocycles. The fourth-order valence-corrected chi connectivity index (χ4v) is 4.65. The minimum Gasteiger partial charge on any atom is -0.463 e. The van der Waals surface area contributed by atoms with E-state index in [1.807, 2.05) is 0 Å². The number of hydrogen-bond acceptors (Lipinski definition) is 11. The molecule has 1 N–H and O–H groups in total. The van der Waals surface area contributed by atoms with Crippen LogP contribution in [0.1, 0.15) is 27.7 Å². The Morgan fingerprint density at radius 3 is 1.91 bits per heavy atom. The lowest BCUT2D eigenvalue weighted by molar-refractivity contribution is -0.269. The van der Waals surface area contributed by atoms with Crippen LogP contribution >= 0.6 is 15.9 Å². The molecule has 1 heterocycles. The molecule has 1 aromatic carbocycles. The van der Waals surface area contributed by atoms with Crippen LogP contribution in [0.3, 0.4) is 0 Å². The Morgan fingerprint density at radius 1 is 0.882 bits per heavy atom. The highest BCUT2D eigenvalue weighted by Gasteiger charge is 2.53. The van der Waals surface area contributed by atoms with E-state index in [1.54, 1.807) is 0 Å². The summed E-state index contributed by atoms with van der Waals surface area (Å²) in [6, 6.07) is 4.08. The van der Waals surface area contributed by atoms with E-state index in [-0.39, 0.29) is 4.90 Å². The third-order valence-corrected chi connectivity index (χ3v) is 6.40. The lowest BCUT2D eigenvalue weighted by Crippen LogP contribution is -2.66. The minimum atomic E-state index is -4.27. The highest BCUT2D eigenvalue weighted by Crippen LogP contribution is 2.29. The summed E-state index contributed by atoms with van der Waals surface area (Å²) >= 11 is 3.21. The third-order valence-electron chi connectivity index (χ3n) is 4.40. The van der Waals surface area contributed by atoms with Crippen LogP contribution in [0.5, 0.6) is 0 Å². The number of hydrogen-bond donors (Lipinski definition) is 1. The monoisotopic (exact) mass is 565 g/mol. The smallest absolute Gasteiger partial charge is 0.304 e. The van der Waals surface area contributed by atoms with Crippen molar-refractivity contribution in [1.29, 1.82) is 0 Å². The summed E-state index contributed by atoms with van der Waals surface area (Å²) in [6.07, 6.45) is -5.80. The maximum absolute atomic E-state index is 13.1. The van der Waals surface area contributed by atoms with E-state index in [1.165, 1.54) is 24.3 Å². The zero-order valence-electron chi connectivity index (χ0n) is 18.7. The van der Waals surface area contributed by atoms with Crippen molar-refractivity contribution < 1.29 is 51.3 Å². The number of ether oxygens (including phenoxy) is 5. The molecule has 1 aliphatic rings. The molecule has 0 amide bonds. The highest BCUT2D eigenvalue weighted by atomic mass is 79.9. The summed E-state index contributed by atoms with van der Waals surface area (Å²) in [7, 11) is -4.27. The summed E-state index contributed by atoms with van der Waals surface area (Å²) in [5.74, 6) is -3.17. The van der Waals surface area contributed by atoms with Gasteiger partial charge in [-0.3, -0.25) is 19.2 Å². The first kappa shape index (κ1) is 27.7. The fraction of sp³-hybridized carbons (Fsp3) is 0.500. The molecule has 34 heavy (non-hydrogen) atoms. The van der Waals surface area contributed by atoms with Crippen molar-refractivity contribution in [2.24, 2.45) is 0 Å². The summed E-state index contributed by atoms with van der Waals surface area (Å²) in [6.45, 7) is 3.86. The number of nitrogens with one attached hydrogen (secondary N) is 1. The van der Waals surface area contributed by atoms with Crippen LogP contribution in [-0.2, 0) is 52.9 Å². The molecule has 0 radical (unpaired) electrons. The molecule has 5 atom stereocenters. The topological polar surface area (TPSA) is 161 Å². The van der Waals surface area contributed by atoms with Crippen LogP contribution in [0.15, 0.2) is 33.6 Å². The molecule has 0 unspecified atom stereocenters. The Balaban J connectivity index is 2.52. The first-order chi connectivity index (χ1) is 15.8. The molecular weight excluding hydrogens is 542 g/mol. The van der Waals surface area contributed by atoms with Crippen LogP contribution in [0.2, 0.25) is 0 Å². The van der Waals surface area contributed by atoms with Crippen LogP contribution in [0, 0.1) is 0 Å². The van der Waals surface area contributed by atoms with Gasteiger partial charge in [-0.1, -0.05) is 15.9 Å². The molecule has 0 aliphatic carbocycles. The second-order valence-electron chi connectivity index (χ2n) is 7.20. The van der Waals surface area contributed by atoms with Gasteiger partial charge in [-0.2, -0.15) is 4.72 Å². The van der Waals surface area contributed by atoms with Crippen molar-refractivity contribution >= 4 is 49.8 Å². The highest BCUT2D eigenvalue weighted by molar-refractivity contribution is 9.10. The van der Waals surface area contributed by atoms with E-state index < -0.39 is 71.2 Å². The second kappa shape index (κ2) is 11.7. The molecule has 12 nitrogen and oxygen atoms in total. The van der Waals surface area contributed by atoms with Crippen molar-refractivity contribution in [3.05, 3.63) is 28.7 Å². The standard InChI is InChI=1S/C20H24BrNO11S/c1-10(23)29-9-16-18(30-11(2)24)19(31-12(3)25)17(20(33-16)32-13(4)26)22-34(27,28)15-7-5-14(21)6-8-15/h5-8,16-20,22H,9H2,1-4H3/t16-,17-,18-,19-,20-/m1/s1. The van der Waals surface area contributed by atoms with Gasteiger partial charge in [-0.15, -0.1) is 0 Å². The molecule has 188 valence electrons. The van der Waals surface area contributed by atoms with Crippen LogP contribution < -0.4 is 4.72 Å². The van der Waals surface area contributed by atoms with Gasteiger partial charge in [0, 0.05) is 32.2 Å². The van der Waals surface area contributed by atoms with E-state index in [2.05, 4.69) is 20.7 Å². The quantitative estimate of drug-likeness (QED) is 0.350. The average Bonchev–Trinajstić information content (AvgIpc) is 2.70. The lowest BCUT2D eigenvalue weighted by Gasteiger charge is -2.44. The molecule has 2 rings (SSSR count). The molecule has 1 fully saturated rings. The Hall–Kier alpha value is -2.55. The van der Waals surface area contributed by atoms with E-state index >= 15 is 0 Å². The van der Waals surface area contributed by atoms with E-state index in [0.29, 0.717) is 4.47 Å². The maximum Gasteiger partial charge on any atom is 0.304 e. The van der Waals surface area contributed by atoms with Gasteiger partial charge in [0.05, 0.1) is 4.90 Å². The SMILES string of the molecule is CC(=O)OC[C@H]1O[C@@H](OC(C)=O)[C@H](NS(=O)(=O)c2ccc(Br)cc2)[C@@H](OC(C)=O)[C@@H]1OC(C)=O. The number of rotatable bonds is 8. The number of esters is 4. The van der Waals surface area contributed by atoms with Gasteiger partial charge in [0.15, 0.2) is 12.2 Å². The molecule has 0 bridgehead atoms. The van der Waals surface area contributed by atoms with E-state index in [9.17, 15) is 27.6 Å². The maximum atomic E-state index is 13.1.